The summed E-state index contributed by atoms with van der Waals surface area (Å²) >= 11 is 2.39. The lowest BCUT2D eigenvalue weighted by Crippen LogP contribution is -2.46. The number of hydrogen-bond donors (Lipinski definition) is 3. The van der Waals surface area contributed by atoms with Gasteiger partial charge in [0, 0.05) is 0 Å². The monoisotopic (exact) mass is 390 g/mol. The van der Waals surface area contributed by atoms with Gasteiger partial charge >= 0.3 is 0 Å². The Morgan fingerprint density at radius 3 is 2.65 bits per heavy atom. The molecule has 0 radical (unpaired) electrons. The van der Waals surface area contributed by atoms with E-state index in [9.17, 15) is 14.4 Å². The van der Waals surface area contributed by atoms with Crippen molar-refractivity contribution >= 4 is 51.9 Å². The first-order valence-electron chi connectivity index (χ1n) is 7.49. The van der Waals surface area contributed by atoms with E-state index in [1.54, 1.807) is 23.6 Å². The molecule has 0 aliphatic heterocycles. The average Bonchev–Trinajstić information content (AvgIpc) is 3.31. The zero-order chi connectivity index (χ0) is 18.4. The molecule has 0 atom stereocenters. The molecule has 134 valence electrons. The number of amides is 3. The highest BCUT2D eigenvalue weighted by Gasteiger charge is 2.11. The van der Waals surface area contributed by atoms with Crippen molar-refractivity contribution in [3.63, 3.8) is 0 Å². The molecular weight excluding hydrogens is 376 g/mol. The molecule has 3 amide bonds. The van der Waals surface area contributed by atoms with Crippen LogP contribution >= 0.6 is 23.1 Å². The number of fused-ring (bicyclic) bond motifs is 1. The summed E-state index contributed by atoms with van der Waals surface area (Å²) in [7, 11) is 0. The van der Waals surface area contributed by atoms with Gasteiger partial charge in [-0.3, -0.25) is 25.2 Å². The summed E-state index contributed by atoms with van der Waals surface area (Å²) in [6.07, 6.45) is 0. The number of thioether (sulfide) groups is 1. The largest absolute Gasteiger partial charge is 0.431 e. The maximum absolute atomic E-state index is 11.8. The fraction of sp³-hybridized carbons (Fsp3) is 0.125. The van der Waals surface area contributed by atoms with Crippen molar-refractivity contribution in [1.29, 1.82) is 0 Å². The van der Waals surface area contributed by atoms with Gasteiger partial charge < -0.3 is 9.73 Å². The number of rotatable bonds is 6. The molecule has 3 rings (SSSR count). The van der Waals surface area contributed by atoms with Gasteiger partial charge in [-0.15, -0.1) is 11.3 Å². The number of benzene rings is 1. The van der Waals surface area contributed by atoms with Crippen molar-refractivity contribution in [2.24, 2.45) is 0 Å². The number of carbonyl (C=O) groups excluding carboxylic acids is 3. The first-order chi connectivity index (χ1) is 12.6. The average molecular weight is 390 g/mol. The smallest absolute Gasteiger partial charge is 0.261 e. The third-order valence-corrected chi connectivity index (χ3v) is 4.79. The molecule has 0 saturated carbocycles. The highest BCUT2D eigenvalue weighted by Crippen LogP contribution is 2.22. The van der Waals surface area contributed by atoms with Gasteiger partial charge in [0.05, 0.1) is 17.2 Å². The Morgan fingerprint density at radius 2 is 1.88 bits per heavy atom. The molecule has 3 N–H and O–H groups in total. The summed E-state index contributed by atoms with van der Waals surface area (Å²) in [5, 5.41) is 4.60. The van der Waals surface area contributed by atoms with Crippen LogP contribution in [0, 0.1) is 0 Å². The van der Waals surface area contributed by atoms with Crippen LogP contribution in [0.2, 0.25) is 0 Å². The highest BCUT2D eigenvalue weighted by atomic mass is 32.2. The van der Waals surface area contributed by atoms with Crippen molar-refractivity contribution in [2.45, 2.75) is 5.22 Å². The van der Waals surface area contributed by atoms with E-state index in [0.717, 1.165) is 11.8 Å². The summed E-state index contributed by atoms with van der Waals surface area (Å²) in [5.41, 5.74) is 5.86. The summed E-state index contributed by atoms with van der Waals surface area (Å²) in [6.45, 7) is -0.241. The minimum atomic E-state index is -0.532. The van der Waals surface area contributed by atoms with Crippen LogP contribution in [-0.4, -0.2) is 35.0 Å². The number of thiophene rings is 1. The number of carbonyl (C=O) groups is 3. The number of nitrogens with one attached hydrogen (secondary N) is 3. The zero-order valence-corrected chi connectivity index (χ0v) is 15.0. The summed E-state index contributed by atoms with van der Waals surface area (Å²) in [6, 6.07) is 10.7. The van der Waals surface area contributed by atoms with Crippen LogP contribution in [0.3, 0.4) is 0 Å². The molecule has 26 heavy (non-hydrogen) atoms. The molecule has 0 bridgehead atoms. The second-order valence-electron chi connectivity index (χ2n) is 4.99. The Labute approximate surface area is 156 Å². The SMILES string of the molecule is O=C(CNC(=O)c1cccs1)NNC(=O)CSc1nc2ccccc2o1. The van der Waals surface area contributed by atoms with E-state index >= 15 is 0 Å². The standard InChI is InChI=1S/C16H14N4O4S2/c21-13(8-17-15(23)12-6-3-7-25-12)19-20-14(22)9-26-16-18-10-4-1-2-5-11(10)24-16/h1-7H,8-9H2,(H,17,23)(H,19,21)(H,20,22). The third-order valence-electron chi connectivity index (χ3n) is 3.10. The van der Waals surface area contributed by atoms with Crippen LogP contribution in [0.5, 0.6) is 0 Å². The van der Waals surface area contributed by atoms with E-state index in [-0.39, 0.29) is 18.2 Å². The molecule has 0 aliphatic rings. The van der Waals surface area contributed by atoms with E-state index in [4.69, 9.17) is 4.42 Å². The van der Waals surface area contributed by atoms with Gasteiger partial charge in [0.25, 0.3) is 17.0 Å². The van der Waals surface area contributed by atoms with Crippen LogP contribution < -0.4 is 16.2 Å². The minimum Gasteiger partial charge on any atom is -0.431 e. The van der Waals surface area contributed by atoms with E-state index in [0.29, 0.717) is 21.2 Å². The third kappa shape index (κ3) is 4.83. The normalized spacial score (nSPS) is 10.5. The van der Waals surface area contributed by atoms with Crippen molar-refractivity contribution in [3.8, 4) is 0 Å². The van der Waals surface area contributed by atoms with Crippen LogP contribution in [0.4, 0.5) is 0 Å². The van der Waals surface area contributed by atoms with Gasteiger partial charge in [-0.1, -0.05) is 30.0 Å². The van der Waals surface area contributed by atoms with Gasteiger partial charge in [-0.2, -0.15) is 0 Å². The van der Waals surface area contributed by atoms with E-state index in [2.05, 4.69) is 21.2 Å². The molecule has 0 aliphatic carbocycles. The number of oxazole rings is 1. The number of aromatic nitrogens is 1. The summed E-state index contributed by atoms with van der Waals surface area (Å²) in [4.78, 5) is 39.8. The fourth-order valence-corrected chi connectivity index (χ4v) is 3.19. The van der Waals surface area contributed by atoms with E-state index < -0.39 is 11.8 Å². The topological polar surface area (TPSA) is 113 Å². The predicted molar refractivity (Wildman–Crippen MR) is 97.7 cm³/mol. The molecule has 0 spiro atoms. The molecule has 2 aromatic heterocycles. The van der Waals surface area contributed by atoms with E-state index in [1.165, 1.54) is 11.3 Å². The number of para-hydroxylation sites is 2. The lowest BCUT2D eigenvalue weighted by molar-refractivity contribution is -0.127. The Bertz CT molecular complexity index is 890. The summed E-state index contributed by atoms with van der Waals surface area (Å²) < 4.78 is 5.48. The molecule has 10 heteroatoms. The molecule has 2 heterocycles. The molecule has 8 nitrogen and oxygen atoms in total. The summed E-state index contributed by atoms with van der Waals surface area (Å²) in [5.74, 6) is -1.27. The second-order valence-corrected chi connectivity index (χ2v) is 6.87. The molecular formula is C16H14N4O4S2. The van der Waals surface area contributed by atoms with Crippen molar-refractivity contribution < 1.29 is 18.8 Å². The predicted octanol–water partition coefficient (Wildman–Crippen LogP) is 1.56. The van der Waals surface area contributed by atoms with Crippen molar-refractivity contribution in [2.75, 3.05) is 12.3 Å². The number of hydrazine groups is 1. The first kappa shape index (κ1) is 18.0. The molecule has 1 aromatic carbocycles. The van der Waals surface area contributed by atoms with Crippen LogP contribution in [-0.2, 0) is 9.59 Å². The van der Waals surface area contributed by atoms with Crippen LogP contribution in [0.15, 0.2) is 51.4 Å². The quantitative estimate of drug-likeness (QED) is 0.435. The highest BCUT2D eigenvalue weighted by molar-refractivity contribution is 7.99. The fourth-order valence-electron chi connectivity index (χ4n) is 1.92. The maximum Gasteiger partial charge on any atom is 0.261 e. The van der Waals surface area contributed by atoms with Crippen LogP contribution in [0.25, 0.3) is 11.1 Å². The van der Waals surface area contributed by atoms with Gasteiger partial charge in [0.2, 0.25) is 5.91 Å². The Balaban J connectivity index is 1.36. The van der Waals surface area contributed by atoms with Gasteiger partial charge in [0.15, 0.2) is 5.58 Å². The Morgan fingerprint density at radius 1 is 1.08 bits per heavy atom. The molecule has 0 fully saturated rings. The number of nitrogens with zero attached hydrogens (tertiary/aromatic N) is 1. The Hall–Kier alpha value is -2.85. The van der Waals surface area contributed by atoms with Gasteiger partial charge in [0.1, 0.15) is 5.52 Å². The van der Waals surface area contributed by atoms with Crippen molar-refractivity contribution in [3.05, 3.63) is 46.7 Å². The molecule has 0 unspecified atom stereocenters. The minimum absolute atomic E-state index is 0.0225. The second kappa shape index (κ2) is 8.50. The van der Waals surface area contributed by atoms with Crippen molar-refractivity contribution in [1.82, 2.24) is 21.2 Å². The zero-order valence-electron chi connectivity index (χ0n) is 13.4. The van der Waals surface area contributed by atoms with Gasteiger partial charge in [-0.05, 0) is 23.6 Å². The van der Waals surface area contributed by atoms with Crippen LogP contribution in [0.1, 0.15) is 9.67 Å². The lowest BCUT2D eigenvalue weighted by Gasteiger charge is -2.07. The maximum atomic E-state index is 11.8. The van der Waals surface area contributed by atoms with Gasteiger partial charge in [-0.25, -0.2) is 4.98 Å². The lowest BCUT2D eigenvalue weighted by atomic mass is 10.3. The first-order valence-corrected chi connectivity index (χ1v) is 9.36. The van der Waals surface area contributed by atoms with E-state index in [1.807, 2.05) is 18.2 Å². The Kier molecular flexibility index (Phi) is 5.87. The molecule has 0 saturated heterocycles. The molecule has 3 aromatic rings. The number of hydrogen-bond acceptors (Lipinski definition) is 7.